The summed E-state index contributed by atoms with van der Waals surface area (Å²) in [4.78, 5) is 0. The van der Waals surface area contributed by atoms with Crippen molar-refractivity contribution >= 4 is 0 Å². The summed E-state index contributed by atoms with van der Waals surface area (Å²) in [6, 6.07) is 12.4. The summed E-state index contributed by atoms with van der Waals surface area (Å²) in [5.74, 6) is 1.23. The maximum absolute atomic E-state index is 13.4. The molecule has 0 saturated heterocycles. The number of ether oxygens (including phenoxy) is 2. The van der Waals surface area contributed by atoms with E-state index in [9.17, 15) is 4.39 Å². The van der Waals surface area contributed by atoms with E-state index >= 15 is 0 Å². The average molecular weight is 303 g/mol. The Balaban J connectivity index is 2.29. The highest BCUT2D eigenvalue weighted by Gasteiger charge is 2.16. The first-order valence-electron chi connectivity index (χ1n) is 7.43. The molecule has 0 spiro atoms. The third-order valence-corrected chi connectivity index (χ3v) is 3.64. The van der Waals surface area contributed by atoms with Gasteiger partial charge in [0.25, 0.3) is 0 Å². The Kier molecular flexibility index (Phi) is 5.78. The second-order valence-electron chi connectivity index (χ2n) is 5.07. The summed E-state index contributed by atoms with van der Waals surface area (Å²) < 4.78 is 24.5. The van der Waals surface area contributed by atoms with Gasteiger partial charge in [-0.25, -0.2) is 4.39 Å². The van der Waals surface area contributed by atoms with Crippen LogP contribution in [0.15, 0.2) is 42.5 Å². The topological polar surface area (TPSA) is 44.5 Å². The van der Waals surface area contributed by atoms with Crippen LogP contribution in [-0.2, 0) is 6.42 Å². The molecule has 0 bridgehead atoms. The number of rotatable bonds is 7. The molecule has 0 aromatic heterocycles. The Hall–Kier alpha value is -2.07. The van der Waals surface area contributed by atoms with Crippen molar-refractivity contribution in [2.45, 2.75) is 19.3 Å². The molecular formula is C18H22FNO2. The van der Waals surface area contributed by atoms with Crippen molar-refractivity contribution in [1.82, 2.24) is 0 Å². The summed E-state index contributed by atoms with van der Waals surface area (Å²) in [5.41, 5.74) is 7.80. The molecule has 0 amide bonds. The highest BCUT2D eigenvalue weighted by atomic mass is 19.1. The van der Waals surface area contributed by atoms with Gasteiger partial charge in [-0.2, -0.15) is 0 Å². The Morgan fingerprint density at radius 2 is 1.95 bits per heavy atom. The minimum absolute atomic E-state index is 0.0291. The largest absolute Gasteiger partial charge is 0.493 e. The third kappa shape index (κ3) is 3.77. The predicted molar refractivity (Wildman–Crippen MR) is 86.1 cm³/mol. The van der Waals surface area contributed by atoms with Crippen molar-refractivity contribution in [3.05, 3.63) is 59.4 Å². The molecule has 1 unspecified atom stereocenters. The average Bonchev–Trinajstić information content (AvgIpc) is 2.53. The van der Waals surface area contributed by atoms with Crippen molar-refractivity contribution in [2.75, 3.05) is 20.3 Å². The van der Waals surface area contributed by atoms with Gasteiger partial charge in [-0.1, -0.05) is 24.3 Å². The van der Waals surface area contributed by atoms with Crippen LogP contribution in [0.1, 0.15) is 24.0 Å². The summed E-state index contributed by atoms with van der Waals surface area (Å²) in [5, 5.41) is 0. The standard InChI is InChI=1S/C18H22FNO2/c1-3-22-17-9-5-7-14(18(17)21-2)10-15(12-20)13-6-4-8-16(19)11-13/h4-9,11,15H,3,10,12,20H2,1-2H3. The van der Waals surface area contributed by atoms with Gasteiger partial charge in [0.15, 0.2) is 11.5 Å². The lowest BCUT2D eigenvalue weighted by molar-refractivity contribution is 0.309. The van der Waals surface area contributed by atoms with Crippen LogP contribution in [0.3, 0.4) is 0 Å². The van der Waals surface area contributed by atoms with E-state index in [4.69, 9.17) is 15.2 Å². The first-order valence-corrected chi connectivity index (χ1v) is 7.43. The molecule has 0 fully saturated rings. The normalized spacial score (nSPS) is 12.0. The van der Waals surface area contributed by atoms with Crippen LogP contribution in [0.5, 0.6) is 11.5 Å². The highest BCUT2D eigenvalue weighted by molar-refractivity contribution is 5.47. The molecule has 2 rings (SSSR count). The number of halogens is 1. The molecule has 2 aromatic carbocycles. The van der Waals surface area contributed by atoms with Crippen LogP contribution in [0.2, 0.25) is 0 Å². The molecular weight excluding hydrogens is 281 g/mol. The number of benzene rings is 2. The molecule has 2 aromatic rings. The van der Waals surface area contributed by atoms with Crippen LogP contribution in [0, 0.1) is 5.82 Å². The summed E-state index contributed by atoms with van der Waals surface area (Å²) >= 11 is 0. The van der Waals surface area contributed by atoms with Gasteiger partial charge < -0.3 is 15.2 Å². The van der Waals surface area contributed by atoms with Gasteiger partial charge in [0.2, 0.25) is 0 Å². The van der Waals surface area contributed by atoms with Crippen molar-refractivity contribution in [2.24, 2.45) is 5.73 Å². The third-order valence-electron chi connectivity index (χ3n) is 3.64. The van der Waals surface area contributed by atoms with Crippen LogP contribution in [-0.4, -0.2) is 20.3 Å². The fraction of sp³-hybridized carbons (Fsp3) is 0.333. The number of hydrogen-bond donors (Lipinski definition) is 1. The van der Waals surface area contributed by atoms with E-state index in [1.54, 1.807) is 13.2 Å². The molecule has 0 aliphatic heterocycles. The Morgan fingerprint density at radius 1 is 1.18 bits per heavy atom. The summed E-state index contributed by atoms with van der Waals surface area (Å²) in [6.45, 7) is 2.94. The van der Waals surface area contributed by atoms with Crippen molar-refractivity contribution in [3.8, 4) is 11.5 Å². The molecule has 3 nitrogen and oxygen atoms in total. The van der Waals surface area contributed by atoms with Crippen molar-refractivity contribution in [3.63, 3.8) is 0 Å². The molecule has 118 valence electrons. The van der Waals surface area contributed by atoms with Crippen LogP contribution < -0.4 is 15.2 Å². The lowest BCUT2D eigenvalue weighted by Gasteiger charge is -2.19. The molecule has 4 heteroatoms. The molecule has 22 heavy (non-hydrogen) atoms. The first-order chi connectivity index (χ1) is 10.7. The van der Waals surface area contributed by atoms with Gasteiger partial charge in [-0.05, 0) is 49.2 Å². The van der Waals surface area contributed by atoms with Gasteiger partial charge in [-0.15, -0.1) is 0 Å². The van der Waals surface area contributed by atoms with E-state index in [1.165, 1.54) is 12.1 Å². The first kappa shape index (κ1) is 16.3. The molecule has 0 heterocycles. The van der Waals surface area contributed by atoms with E-state index < -0.39 is 0 Å². The molecule has 0 radical (unpaired) electrons. The SMILES string of the molecule is CCOc1cccc(CC(CN)c2cccc(F)c2)c1OC. The van der Waals surface area contributed by atoms with E-state index in [1.807, 2.05) is 31.2 Å². The van der Waals surface area contributed by atoms with E-state index in [0.29, 0.717) is 19.6 Å². The number of hydrogen-bond acceptors (Lipinski definition) is 3. The van der Waals surface area contributed by atoms with Gasteiger partial charge >= 0.3 is 0 Å². The van der Waals surface area contributed by atoms with Crippen molar-refractivity contribution < 1.29 is 13.9 Å². The van der Waals surface area contributed by atoms with Gasteiger partial charge in [0.05, 0.1) is 13.7 Å². The zero-order valence-electron chi connectivity index (χ0n) is 13.0. The van der Waals surface area contributed by atoms with Gasteiger partial charge in [-0.3, -0.25) is 0 Å². The zero-order chi connectivity index (χ0) is 15.9. The smallest absolute Gasteiger partial charge is 0.163 e. The quantitative estimate of drug-likeness (QED) is 0.851. The van der Waals surface area contributed by atoms with E-state index in [0.717, 1.165) is 22.6 Å². The minimum atomic E-state index is -0.244. The van der Waals surface area contributed by atoms with Crippen LogP contribution in [0.25, 0.3) is 0 Å². The maximum atomic E-state index is 13.4. The number of methoxy groups -OCH3 is 1. The minimum Gasteiger partial charge on any atom is -0.493 e. The van der Waals surface area contributed by atoms with Crippen molar-refractivity contribution in [1.29, 1.82) is 0 Å². The lowest BCUT2D eigenvalue weighted by atomic mass is 9.91. The van der Waals surface area contributed by atoms with Crippen LogP contribution >= 0.6 is 0 Å². The van der Waals surface area contributed by atoms with E-state index in [-0.39, 0.29) is 11.7 Å². The Morgan fingerprint density at radius 3 is 2.59 bits per heavy atom. The maximum Gasteiger partial charge on any atom is 0.163 e. The van der Waals surface area contributed by atoms with Crippen LogP contribution in [0.4, 0.5) is 4.39 Å². The van der Waals surface area contributed by atoms with Gasteiger partial charge in [0, 0.05) is 5.92 Å². The Bertz CT molecular complexity index is 616. The second kappa shape index (κ2) is 7.80. The Labute approximate surface area is 130 Å². The fourth-order valence-electron chi connectivity index (χ4n) is 2.59. The summed E-state index contributed by atoms with van der Waals surface area (Å²) in [6.07, 6.45) is 0.671. The van der Waals surface area contributed by atoms with Gasteiger partial charge in [0.1, 0.15) is 5.82 Å². The molecule has 1 atom stereocenters. The molecule has 0 saturated carbocycles. The number of nitrogens with two attached hydrogens (primary N) is 1. The fourth-order valence-corrected chi connectivity index (χ4v) is 2.59. The summed E-state index contributed by atoms with van der Waals surface area (Å²) in [7, 11) is 1.63. The lowest BCUT2D eigenvalue weighted by Crippen LogP contribution is -2.15. The van der Waals surface area contributed by atoms with E-state index in [2.05, 4.69) is 0 Å². The monoisotopic (exact) mass is 303 g/mol. The molecule has 2 N–H and O–H groups in total. The number of para-hydroxylation sites is 1. The predicted octanol–water partition coefficient (Wildman–Crippen LogP) is 3.52. The highest BCUT2D eigenvalue weighted by Crippen LogP contribution is 2.34. The molecule has 0 aliphatic carbocycles. The molecule has 0 aliphatic rings. The second-order valence-corrected chi connectivity index (χ2v) is 5.07. The zero-order valence-corrected chi connectivity index (χ0v) is 13.0.